The topological polar surface area (TPSA) is 39.9 Å². The SMILES string of the molecule is Brc1ccccc1On1ccnn1. The quantitative estimate of drug-likeness (QED) is 0.804. The Morgan fingerprint density at radius 1 is 1.31 bits per heavy atom. The molecule has 66 valence electrons. The number of benzene rings is 1. The van der Waals surface area contributed by atoms with E-state index in [1.54, 1.807) is 12.4 Å². The molecular weight excluding hydrogens is 234 g/mol. The number of halogens is 1. The zero-order valence-electron chi connectivity index (χ0n) is 6.59. The molecule has 0 aliphatic rings. The lowest BCUT2D eigenvalue weighted by Gasteiger charge is -2.03. The van der Waals surface area contributed by atoms with E-state index in [1.807, 2.05) is 24.3 Å². The largest absolute Gasteiger partial charge is 0.355 e. The molecule has 0 aliphatic carbocycles. The van der Waals surface area contributed by atoms with Gasteiger partial charge in [-0.3, -0.25) is 0 Å². The van der Waals surface area contributed by atoms with Crippen molar-refractivity contribution in [1.29, 1.82) is 0 Å². The average molecular weight is 240 g/mol. The Balaban J connectivity index is 2.24. The highest BCUT2D eigenvalue weighted by Crippen LogP contribution is 2.23. The lowest BCUT2D eigenvalue weighted by molar-refractivity contribution is 0.171. The molecule has 1 heterocycles. The van der Waals surface area contributed by atoms with Crippen LogP contribution in [0, 0.1) is 0 Å². The van der Waals surface area contributed by atoms with E-state index in [0.717, 1.165) is 4.47 Å². The van der Waals surface area contributed by atoms with E-state index in [1.165, 1.54) is 4.85 Å². The van der Waals surface area contributed by atoms with Crippen molar-refractivity contribution >= 4 is 15.9 Å². The molecule has 0 atom stereocenters. The fourth-order valence-corrected chi connectivity index (χ4v) is 1.22. The predicted molar refractivity (Wildman–Crippen MR) is 50.2 cm³/mol. The van der Waals surface area contributed by atoms with E-state index in [0.29, 0.717) is 5.75 Å². The number of para-hydroxylation sites is 1. The summed E-state index contributed by atoms with van der Waals surface area (Å²) in [5, 5.41) is 7.30. The monoisotopic (exact) mass is 239 g/mol. The Hall–Kier alpha value is -1.36. The maximum Gasteiger partial charge on any atom is 0.172 e. The molecule has 1 aromatic heterocycles. The first kappa shape index (κ1) is 8.25. The van der Waals surface area contributed by atoms with Crippen molar-refractivity contribution in [2.24, 2.45) is 0 Å². The standard InChI is InChI=1S/C8H6BrN3O/c9-7-3-1-2-4-8(7)13-12-6-5-10-11-12/h1-6H. The van der Waals surface area contributed by atoms with Crippen molar-refractivity contribution < 1.29 is 4.84 Å². The second-order valence-electron chi connectivity index (χ2n) is 2.33. The number of hydrogen-bond acceptors (Lipinski definition) is 3. The van der Waals surface area contributed by atoms with Crippen molar-refractivity contribution in [3.63, 3.8) is 0 Å². The maximum atomic E-state index is 5.35. The summed E-state index contributed by atoms with van der Waals surface area (Å²) < 4.78 is 0.880. The van der Waals surface area contributed by atoms with Gasteiger partial charge in [-0.15, -0.1) is 5.10 Å². The van der Waals surface area contributed by atoms with Crippen LogP contribution in [-0.4, -0.2) is 15.2 Å². The minimum Gasteiger partial charge on any atom is -0.355 e. The summed E-state index contributed by atoms with van der Waals surface area (Å²) in [6, 6.07) is 7.54. The smallest absolute Gasteiger partial charge is 0.172 e. The molecule has 0 saturated heterocycles. The van der Waals surface area contributed by atoms with Crippen molar-refractivity contribution in [3.05, 3.63) is 41.1 Å². The van der Waals surface area contributed by atoms with Crippen LogP contribution in [-0.2, 0) is 0 Å². The van der Waals surface area contributed by atoms with Crippen LogP contribution in [0.3, 0.4) is 0 Å². The average Bonchev–Trinajstić information content (AvgIpc) is 2.61. The van der Waals surface area contributed by atoms with E-state index in [2.05, 4.69) is 26.2 Å². The molecule has 5 heteroatoms. The van der Waals surface area contributed by atoms with Gasteiger partial charge in [0.2, 0.25) is 0 Å². The molecule has 0 unspecified atom stereocenters. The highest BCUT2D eigenvalue weighted by atomic mass is 79.9. The fourth-order valence-electron chi connectivity index (χ4n) is 0.866. The van der Waals surface area contributed by atoms with Crippen molar-refractivity contribution in [1.82, 2.24) is 15.2 Å². The predicted octanol–water partition coefficient (Wildman–Crippen LogP) is 1.88. The first-order chi connectivity index (χ1) is 6.36. The molecule has 0 bridgehead atoms. The van der Waals surface area contributed by atoms with Crippen LogP contribution in [0.25, 0.3) is 0 Å². The second kappa shape index (κ2) is 3.57. The van der Waals surface area contributed by atoms with Crippen molar-refractivity contribution in [2.45, 2.75) is 0 Å². The van der Waals surface area contributed by atoms with Crippen LogP contribution >= 0.6 is 15.9 Å². The Morgan fingerprint density at radius 3 is 2.85 bits per heavy atom. The van der Waals surface area contributed by atoms with E-state index in [9.17, 15) is 0 Å². The molecule has 0 N–H and O–H groups in total. The Kier molecular flexibility index (Phi) is 2.27. The van der Waals surface area contributed by atoms with Crippen LogP contribution in [0.15, 0.2) is 41.1 Å². The zero-order valence-corrected chi connectivity index (χ0v) is 8.18. The minimum absolute atomic E-state index is 0.702. The first-order valence-corrected chi connectivity index (χ1v) is 4.45. The third-order valence-electron chi connectivity index (χ3n) is 1.43. The van der Waals surface area contributed by atoms with Gasteiger partial charge in [-0.25, -0.2) is 0 Å². The highest BCUT2D eigenvalue weighted by Gasteiger charge is 2.00. The van der Waals surface area contributed by atoms with Crippen molar-refractivity contribution in [3.8, 4) is 5.75 Å². The summed E-state index contributed by atoms with van der Waals surface area (Å²) >= 11 is 3.36. The van der Waals surface area contributed by atoms with Gasteiger partial charge in [-0.1, -0.05) is 17.0 Å². The van der Waals surface area contributed by atoms with E-state index >= 15 is 0 Å². The van der Waals surface area contributed by atoms with E-state index in [-0.39, 0.29) is 0 Å². The lowest BCUT2D eigenvalue weighted by atomic mass is 10.3. The molecule has 0 radical (unpaired) electrons. The maximum absolute atomic E-state index is 5.35. The third-order valence-corrected chi connectivity index (χ3v) is 2.08. The summed E-state index contributed by atoms with van der Waals surface area (Å²) in [6.07, 6.45) is 3.18. The van der Waals surface area contributed by atoms with Gasteiger partial charge in [0.15, 0.2) is 5.75 Å². The molecule has 0 amide bonds. The van der Waals surface area contributed by atoms with E-state index in [4.69, 9.17) is 4.84 Å². The lowest BCUT2D eigenvalue weighted by Crippen LogP contribution is -2.05. The van der Waals surface area contributed by atoms with Gasteiger partial charge in [-0.05, 0) is 33.3 Å². The molecule has 1 aromatic carbocycles. The van der Waals surface area contributed by atoms with Crippen LogP contribution in [0.1, 0.15) is 0 Å². The summed E-state index contributed by atoms with van der Waals surface area (Å²) in [7, 11) is 0. The van der Waals surface area contributed by atoms with Gasteiger partial charge < -0.3 is 4.84 Å². The summed E-state index contributed by atoms with van der Waals surface area (Å²) in [6.45, 7) is 0. The molecule has 0 fully saturated rings. The van der Waals surface area contributed by atoms with Gasteiger partial charge in [0.1, 0.15) is 0 Å². The Morgan fingerprint density at radius 2 is 2.15 bits per heavy atom. The van der Waals surface area contributed by atoms with Crippen LogP contribution in [0.4, 0.5) is 0 Å². The number of hydrogen-bond donors (Lipinski definition) is 0. The molecule has 0 spiro atoms. The van der Waals surface area contributed by atoms with E-state index < -0.39 is 0 Å². The number of rotatable bonds is 2. The Labute approximate surface area is 83.2 Å². The number of aromatic nitrogens is 3. The van der Waals surface area contributed by atoms with Gasteiger partial charge >= 0.3 is 0 Å². The van der Waals surface area contributed by atoms with Gasteiger partial charge in [0.05, 0.1) is 16.9 Å². The summed E-state index contributed by atoms with van der Waals surface area (Å²) in [5.41, 5.74) is 0. The van der Waals surface area contributed by atoms with Crippen LogP contribution in [0.2, 0.25) is 0 Å². The molecular formula is C8H6BrN3O. The normalized spacial score (nSPS) is 9.92. The van der Waals surface area contributed by atoms with Crippen LogP contribution in [0.5, 0.6) is 5.75 Å². The van der Waals surface area contributed by atoms with Crippen LogP contribution < -0.4 is 4.84 Å². The molecule has 13 heavy (non-hydrogen) atoms. The summed E-state index contributed by atoms with van der Waals surface area (Å²) in [5.74, 6) is 0.702. The summed E-state index contributed by atoms with van der Waals surface area (Å²) in [4.78, 5) is 6.64. The molecule has 0 saturated carbocycles. The Bertz CT molecular complexity index is 388. The molecule has 4 nitrogen and oxygen atoms in total. The molecule has 2 rings (SSSR count). The van der Waals surface area contributed by atoms with Gasteiger partial charge in [0.25, 0.3) is 0 Å². The van der Waals surface area contributed by atoms with Gasteiger partial charge in [-0.2, -0.15) is 0 Å². The zero-order chi connectivity index (χ0) is 9.10. The molecule has 0 aliphatic heterocycles. The fraction of sp³-hybridized carbons (Fsp3) is 0. The second-order valence-corrected chi connectivity index (χ2v) is 3.18. The third kappa shape index (κ3) is 1.86. The first-order valence-electron chi connectivity index (χ1n) is 3.65. The minimum atomic E-state index is 0.702. The molecule has 2 aromatic rings. The van der Waals surface area contributed by atoms with Gasteiger partial charge in [0, 0.05) is 0 Å². The highest BCUT2D eigenvalue weighted by molar-refractivity contribution is 9.10. The van der Waals surface area contributed by atoms with Crippen molar-refractivity contribution in [2.75, 3.05) is 0 Å². The number of nitrogens with zero attached hydrogens (tertiary/aromatic N) is 3.